The lowest BCUT2D eigenvalue weighted by atomic mass is 9.88. The summed E-state index contributed by atoms with van der Waals surface area (Å²) in [4.78, 5) is 41.5. The lowest BCUT2D eigenvalue weighted by Crippen LogP contribution is -2.55. The van der Waals surface area contributed by atoms with Crippen molar-refractivity contribution in [2.75, 3.05) is 13.1 Å². The third kappa shape index (κ3) is 5.76. The fraction of sp³-hybridized carbons (Fsp3) is 0.480. The van der Waals surface area contributed by atoms with E-state index in [1.165, 1.54) is 11.3 Å². The molecule has 1 aliphatic heterocycles. The molecule has 0 aliphatic carbocycles. The Kier molecular flexibility index (Phi) is 8.07. The maximum Gasteiger partial charge on any atom is 0.263 e. The molecular weight excluding hydrogens is 422 g/mol. The molecule has 7 heteroatoms. The fourth-order valence-electron chi connectivity index (χ4n) is 3.92. The van der Waals surface area contributed by atoms with Crippen LogP contribution in [-0.4, -0.2) is 47.8 Å². The van der Waals surface area contributed by atoms with Crippen LogP contribution >= 0.6 is 11.3 Å². The normalized spacial score (nSPS) is 16.5. The number of nitrogens with zero attached hydrogens (tertiary/aromatic N) is 1. The van der Waals surface area contributed by atoms with Crippen LogP contribution in [0, 0.1) is 18.8 Å². The standard InChI is InChI=1S/C25H33N3O3S/c1-16(2)18(4)26-24(30)22(27-23(29)20-9-6-5-8-17(20)3)19-11-13-28(14-12-19)25(31)21-10-7-15-32-21/h5-10,15-16,18-19,22H,11-14H2,1-4H3,(H,26,30)(H,27,29)/t18-,22+/m0/s1. The van der Waals surface area contributed by atoms with Crippen LogP contribution in [0.2, 0.25) is 0 Å². The Bertz CT molecular complexity index is 934. The lowest BCUT2D eigenvalue weighted by molar-refractivity contribution is -0.125. The van der Waals surface area contributed by atoms with Crippen LogP contribution < -0.4 is 10.6 Å². The van der Waals surface area contributed by atoms with Gasteiger partial charge in [-0.3, -0.25) is 14.4 Å². The number of carbonyl (C=O) groups excluding carboxylic acids is 3. The highest BCUT2D eigenvalue weighted by Crippen LogP contribution is 2.24. The molecule has 6 nitrogen and oxygen atoms in total. The molecule has 0 unspecified atom stereocenters. The van der Waals surface area contributed by atoms with Gasteiger partial charge in [-0.2, -0.15) is 0 Å². The molecule has 2 atom stereocenters. The van der Waals surface area contributed by atoms with Crippen LogP contribution in [0.1, 0.15) is 59.2 Å². The molecule has 3 amide bonds. The molecular formula is C25H33N3O3S. The fourth-order valence-corrected chi connectivity index (χ4v) is 4.61. The Balaban J connectivity index is 1.72. The van der Waals surface area contributed by atoms with Crippen LogP contribution in [0.5, 0.6) is 0 Å². The van der Waals surface area contributed by atoms with Gasteiger partial charge < -0.3 is 15.5 Å². The molecule has 3 rings (SSSR count). The predicted molar refractivity (Wildman–Crippen MR) is 128 cm³/mol. The van der Waals surface area contributed by atoms with Gasteiger partial charge in [0.15, 0.2) is 0 Å². The van der Waals surface area contributed by atoms with E-state index in [4.69, 9.17) is 0 Å². The van der Waals surface area contributed by atoms with Crippen molar-refractivity contribution < 1.29 is 14.4 Å². The summed E-state index contributed by atoms with van der Waals surface area (Å²) in [6.07, 6.45) is 1.33. The lowest BCUT2D eigenvalue weighted by Gasteiger charge is -2.36. The van der Waals surface area contributed by atoms with E-state index in [2.05, 4.69) is 24.5 Å². The molecule has 1 aromatic heterocycles. The van der Waals surface area contributed by atoms with Gasteiger partial charge in [-0.1, -0.05) is 38.1 Å². The Labute approximate surface area is 194 Å². The van der Waals surface area contributed by atoms with Gasteiger partial charge in [0.25, 0.3) is 11.8 Å². The molecule has 1 aliphatic rings. The highest BCUT2D eigenvalue weighted by atomic mass is 32.1. The molecule has 2 aromatic rings. The van der Waals surface area contributed by atoms with Gasteiger partial charge >= 0.3 is 0 Å². The second-order valence-corrected chi connectivity index (χ2v) is 9.86. The Morgan fingerprint density at radius 3 is 2.28 bits per heavy atom. The molecule has 1 saturated heterocycles. The van der Waals surface area contributed by atoms with Crippen molar-refractivity contribution in [3.05, 3.63) is 57.8 Å². The summed E-state index contributed by atoms with van der Waals surface area (Å²) in [5, 5.41) is 7.98. The van der Waals surface area contributed by atoms with Crippen molar-refractivity contribution >= 4 is 29.1 Å². The molecule has 2 N–H and O–H groups in total. The number of amides is 3. The maximum atomic E-state index is 13.2. The number of nitrogens with one attached hydrogen (secondary N) is 2. The molecule has 0 spiro atoms. The summed E-state index contributed by atoms with van der Waals surface area (Å²) in [6.45, 7) is 9.13. The summed E-state index contributed by atoms with van der Waals surface area (Å²) < 4.78 is 0. The van der Waals surface area contributed by atoms with Crippen molar-refractivity contribution in [1.29, 1.82) is 0 Å². The largest absolute Gasteiger partial charge is 0.352 e. The zero-order chi connectivity index (χ0) is 23.3. The van der Waals surface area contributed by atoms with Crippen molar-refractivity contribution in [3.63, 3.8) is 0 Å². The summed E-state index contributed by atoms with van der Waals surface area (Å²) >= 11 is 1.44. The molecule has 1 fully saturated rings. The monoisotopic (exact) mass is 455 g/mol. The van der Waals surface area contributed by atoms with E-state index < -0.39 is 6.04 Å². The first-order valence-electron chi connectivity index (χ1n) is 11.3. The smallest absolute Gasteiger partial charge is 0.263 e. The zero-order valence-corrected chi connectivity index (χ0v) is 20.1. The van der Waals surface area contributed by atoms with E-state index in [-0.39, 0.29) is 35.6 Å². The number of benzene rings is 1. The van der Waals surface area contributed by atoms with E-state index in [9.17, 15) is 14.4 Å². The third-order valence-corrected chi connectivity index (χ3v) is 7.22. The number of likely N-dealkylation sites (tertiary alicyclic amines) is 1. The van der Waals surface area contributed by atoms with Gasteiger partial charge in [-0.25, -0.2) is 0 Å². The first kappa shape index (κ1) is 24.0. The minimum Gasteiger partial charge on any atom is -0.352 e. The molecule has 0 radical (unpaired) electrons. The van der Waals surface area contributed by atoms with Crippen LogP contribution in [0.15, 0.2) is 41.8 Å². The van der Waals surface area contributed by atoms with Crippen LogP contribution in [-0.2, 0) is 4.79 Å². The van der Waals surface area contributed by atoms with Gasteiger partial charge in [0, 0.05) is 24.7 Å². The quantitative estimate of drug-likeness (QED) is 0.665. The van der Waals surface area contributed by atoms with Crippen molar-refractivity contribution in [2.45, 2.75) is 52.6 Å². The zero-order valence-electron chi connectivity index (χ0n) is 19.3. The minimum absolute atomic E-state index is 0.000795. The average molecular weight is 456 g/mol. The highest BCUT2D eigenvalue weighted by molar-refractivity contribution is 7.12. The Hall–Kier alpha value is -2.67. The number of piperidine rings is 1. The first-order chi connectivity index (χ1) is 15.3. The van der Waals surface area contributed by atoms with E-state index in [1.54, 1.807) is 6.07 Å². The molecule has 0 bridgehead atoms. The molecule has 32 heavy (non-hydrogen) atoms. The second kappa shape index (κ2) is 10.8. The van der Waals surface area contributed by atoms with Crippen molar-refractivity contribution in [1.82, 2.24) is 15.5 Å². The van der Waals surface area contributed by atoms with Crippen molar-refractivity contribution in [3.8, 4) is 0 Å². The summed E-state index contributed by atoms with van der Waals surface area (Å²) in [7, 11) is 0. The number of hydrogen-bond acceptors (Lipinski definition) is 4. The molecule has 172 valence electrons. The number of rotatable bonds is 7. The number of carbonyl (C=O) groups is 3. The Morgan fingerprint density at radius 1 is 1.00 bits per heavy atom. The molecule has 0 saturated carbocycles. The number of aryl methyl sites for hydroxylation is 1. The van der Waals surface area contributed by atoms with E-state index in [1.807, 2.05) is 54.5 Å². The summed E-state index contributed by atoms with van der Waals surface area (Å²) in [5.41, 5.74) is 1.45. The highest BCUT2D eigenvalue weighted by Gasteiger charge is 2.35. The Morgan fingerprint density at radius 2 is 1.69 bits per heavy atom. The van der Waals surface area contributed by atoms with Crippen LogP contribution in [0.25, 0.3) is 0 Å². The minimum atomic E-state index is -0.637. The number of hydrogen-bond donors (Lipinski definition) is 2. The number of thiophene rings is 1. The van der Waals surface area contributed by atoms with Gasteiger partial charge in [-0.05, 0) is 61.6 Å². The van der Waals surface area contributed by atoms with Gasteiger partial charge in [0.05, 0.1) is 4.88 Å². The van der Waals surface area contributed by atoms with Crippen LogP contribution in [0.4, 0.5) is 0 Å². The average Bonchev–Trinajstić information content (AvgIpc) is 3.32. The summed E-state index contributed by atoms with van der Waals surface area (Å²) in [6, 6.07) is 10.5. The van der Waals surface area contributed by atoms with E-state index in [0.717, 1.165) is 10.4 Å². The first-order valence-corrected chi connectivity index (χ1v) is 12.2. The van der Waals surface area contributed by atoms with Crippen molar-refractivity contribution in [2.24, 2.45) is 11.8 Å². The van der Waals surface area contributed by atoms with E-state index in [0.29, 0.717) is 31.5 Å². The molecule has 2 heterocycles. The maximum absolute atomic E-state index is 13.2. The predicted octanol–water partition coefficient (Wildman–Crippen LogP) is 3.87. The molecule has 1 aromatic carbocycles. The SMILES string of the molecule is Cc1ccccc1C(=O)N[C@@H](C(=O)N[C@@H](C)C(C)C)C1CCN(C(=O)c2cccs2)CC1. The van der Waals surface area contributed by atoms with E-state index >= 15 is 0 Å². The second-order valence-electron chi connectivity index (χ2n) is 8.91. The van der Waals surface area contributed by atoms with Gasteiger partial charge in [-0.15, -0.1) is 11.3 Å². The van der Waals surface area contributed by atoms with Gasteiger partial charge in [0.2, 0.25) is 5.91 Å². The van der Waals surface area contributed by atoms with Crippen LogP contribution in [0.3, 0.4) is 0 Å². The topological polar surface area (TPSA) is 78.5 Å². The van der Waals surface area contributed by atoms with Gasteiger partial charge in [0.1, 0.15) is 6.04 Å². The third-order valence-electron chi connectivity index (χ3n) is 6.36. The summed E-state index contributed by atoms with van der Waals surface area (Å²) in [5.74, 6) is -0.0998.